The summed E-state index contributed by atoms with van der Waals surface area (Å²) in [6.45, 7) is 18.1. The van der Waals surface area contributed by atoms with Crippen LogP contribution in [-0.2, 0) is 23.8 Å². The van der Waals surface area contributed by atoms with Crippen molar-refractivity contribution in [2.75, 3.05) is 0 Å². The van der Waals surface area contributed by atoms with Crippen LogP contribution in [0.25, 0.3) is 17.9 Å². The average Bonchev–Trinajstić information content (AvgIpc) is 3.39. The molecule has 44 heavy (non-hydrogen) atoms. The second-order valence-corrected chi connectivity index (χ2v) is 24.4. The number of hydrogen-bond donors (Lipinski definition) is 0. The van der Waals surface area contributed by atoms with E-state index >= 15 is 0 Å². The van der Waals surface area contributed by atoms with Gasteiger partial charge in [0.2, 0.25) is 0 Å². The Hall–Kier alpha value is -3.17. The Morgan fingerprint density at radius 1 is 0.727 bits per heavy atom. The first-order valence-electron chi connectivity index (χ1n) is 15.8. The first-order chi connectivity index (χ1) is 20.9. The summed E-state index contributed by atoms with van der Waals surface area (Å²) in [4.78, 5) is 0. The van der Waals surface area contributed by atoms with Crippen LogP contribution in [-0.4, -0.2) is 6.66 Å². The number of fused-ring (bicyclic) bond motifs is 1. The second-order valence-electron chi connectivity index (χ2n) is 13.8. The van der Waals surface area contributed by atoms with Gasteiger partial charge in [-0.2, -0.15) is 0 Å². The van der Waals surface area contributed by atoms with Crippen molar-refractivity contribution in [3.8, 4) is 5.75 Å². The molecule has 3 heteroatoms. The first-order valence-corrected chi connectivity index (χ1v) is 22.3. The monoisotopic (exact) mass is 632 g/mol. The first kappa shape index (κ1) is 33.7. The fourth-order valence-corrected chi connectivity index (χ4v) is 11.5. The molecule has 0 aromatic heterocycles. The number of hydrogen-bond acceptors (Lipinski definition) is 1. The molecule has 0 fully saturated rings. The van der Waals surface area contributed by atoms with Crippen LogP contribution in [0.2, 0.25) is 13.1 Å². The van der Waals surface area contributed by atoms with Gasteiger partial charge in [-0.15, -0.1) is 0 Å². The SMILES string of the molecule is CC(C)(C)C(C=Cc1ccc(C(C)(C)C)cc1)=C(Oc1ccccc1)c1ccccc1.C[SiH](C)[Ti][CH]1C=Cc2ccccc21. The normalized spacial score (nSPS) is 15.0. The van der Waals surface area contributed by atoms with Gasteiger partial charge in [0.15, 0.2) is 0 Å². The Labute approximate surface area is 276 Å². The van der Waals surface area contributed by atoms with Gasteiger partial charge >= 0.3 is 89.9 Å². The van der Waals surface area contributed by atoms with Gasteiger partial charge in [0.05, 0.1) is 0 Å². The van der Waals surface area contributed by atoms with Crippen molar-refractivity contribution in [1.82, 2.24) is 0 Å². The van der Waals surface area contributed by atoms with Gasteiger partial charge < -0.3 is 4.74 Å². The average molecular weight is 633 g/mol. The standard InChI is InChI=1S/C30H34O.C9H7.C2H7Si.Ti/c1-29(2,3)25-20-17-23(18-21-25)19-22-27(30(4,5)6)28(24-13-9-7-10-14-24)31-26-15-11-8-12-16-26;1-2-5-9-7-3-6-8(9)4-1;1-3-2;/h7-22H,1-6H3;1-7H;3H,1-2H3;. The zero-order chi connectivity index (χ0) is 31.7. The molecule has 1 aliphatic rings. The Morgan fingerprint density at radius 2 is 1.32 bits per heavy atom. The molecule has 0 spiro atoms. The van der Waals surface area contributed by atoms with Crippen molar-refractivity contribution in [2.24, 2.45) is 5.41 Å². The van der Waals surface area contributed by atoms with Crippen LogP contribution in [0.1, 0.15) is 73.6 Å². The molecule has 0 radical (unpaired) electrons. The van der Waals surface area contributed by atoms with Crippen LogP contribution in [0.5, 0.6) is 5.75 Å². The fourth-order valence-electron chi connectivity index (χ4n) is 5.16. The summed E-state index contributed by atoms with van der Waals surface area (Å²) in [5, 5.41) is 0. The second kappa shape index (κ2) is 15.2. The van der Waals surface area contributed by atoms with E-state index in [1.807, 2.05) is 36.4 Å². The minimum atomic E-state index is -0.309. The molecule has 0 aliphatic heterocycles. The van der Waals surface area contributed by atoms with Crippen LogP contribution >= 0.6 is 0 Å². The molecule has 0 amide bonds. The quantitative estimate of drug-likeness (QED) is 0.112. The summed E-state index contributed by atoms with van der Waals surface area (Å²) < 4.78 is 7.32. The Kier molecular flexibility index (Phi) is 11.7. The Morgan fingerprint density at radius 3 is 1.91 bits per heavy atom. The van der Waals surface area contributed by atoms with Gasteiger partial charge in [0.1, 0.15) is 11.5 Å². The van der Waals surface area contributed by atoms with E-state index < -0.39 is 0 Å². The van der Waals surface area contributed by atoms with Crippen molar-refractivity contribution in [3.05, 3.63) is 155 Å². The molecule has 0 saturated heterocycles. The number of ether oxygens (including phenoxy) is 1. The van der Waals surface area contributed by atoms with Crippen LogP contribution < -0.4 is 4.74 Å². The summed E-state index contributed by atoms with van der Waals surface area (Å²) >= 11 is 0.290. The molecule has 0 heterocycles. The molecule has 4 aromatic rings. The Balaban J connectivity index is 0.000000281. The maximum atomic E-state index is 6.47. The molecule has 1 unspecified atom stereocenters. The number of rotatable bonds is 7. The molecule has 5 rings (SSSR count). The molecule has 1 atom stereocenters. The zero-order valence-corrected chi connectivity index (χ0v) is 30.5. The third kappa shape index (κ3) is 9.66. The predicted octanol–water partition coefficient (Wildman–Crippen LogP) is 11.4. The van der Waals surface area contributed by atoms with E-state index in [0.717, 1.165) is 26.9 Å². The molecule has 1 nitrogen and oxygen atoms in total. The summed E-state index contributed by atoms with van der Waals surface area (Å²) in [6, 6.07) is 38.0. The van der Waals surface area contributed by atoms with Crippen molar-refractivity contribution in [2.45, 2.75) is 64.3 Å². The van der Waals surface area contributed by atoms with E-state index in [1.165, 1.54) is 16.7 Å². The van der Waals surface area contributed by atoms with Gasteiger partial charge in [0, 0.05) is 11.1 Å². The van der Waals surface area contributed by atoms with Gasteiger partial charge in [0.25, 0.3) is 0 Å². The molecule has 4 aromatic carbocycles. The third-order valence-electron chi connectivity index (χ3n) is 7.58. The van der Waals surface area contributed by atoms with E-state index in [2.05, 4.69) is 152 Å². The minimum absolute atomic E-state index is 0.0954. The van der Waals surface area contributed by atoms with Crippen molar-refractivity contribution < 1.29 is 23.1 Å². The molecule has 0 saturated carbocycles. The topological polar surface area (TPSA) is 9.23 Å². The van der Waals surface area contributed by atoms with Gasteiger partial charge in [-0.3, -0.25) is 0 Å². The summed E-state index contributed by atoms with van der Waals surface area (Å²) in [5.74, 6) is 1.73. The molecule has 0 N–H and O–H groups in total. The zero-order valence-electron chi connectivity index (χ0n) is 27.8. The summed E-state index contributed by atoms with van der Waals surface area (Å²) in [7, 11) is 0. The van der Waals surface area contributed by atoms with E-state index in [1.54, 1.807) is 5.56 Å². The molecule has 1 aliphatic carbocycles. The number of benzene rings is 4. The molecule has 226 valence electrons. The van der Waals surface area contributed by atoms with Crippen LogP contribution in [0.3, 0.4) is 0 Å². The molecule has 0 bridgehead atoms. The number of para-hydroxylation sites is 1. The van der Waals surface area contributed by atoms with Crippen LogP contribution in [0, 0.1) is 5.41 Å². The van der Waals surface area contributed by atoms with E-state index in [-0.39, 0.29) is 17.5 Å². The fraction of sp³-hybridized carbons (Fsp3) is 0.268. The van der Waals surface area contributed by atoms with Gasteiger partial charge in [-0.25, -0.2) is 0 Å². The van der Waals surface area contributed by atoms with Gasteiger partial charge in [-0.1, -0.05) is 126 Å². The van der Waals surface area contributed by atoms with Crippen LogP contribution in [0.15, 0.2) is 127 Å². The van der Waals surface area contributed by atoms with Crippen molar-refractivity contribution in [1.29, 1.82) is 0 Å². The number of allylic oxidation sites excluding steroid dienone is 3. The van der Waals surface area contributed by atoms with E-state index in [0.29, 0.717) is 18.4 Å². The predicted molar refractivity (Wildman–Crippen MR) is 191 cm³/mol. The van der Waals surface area contributed by atoms with Crippen molar-refractivity contribution >= 4 is 24.6 Å². The maximum absolute atomic E-state index is 6.47. The summed E-state index contributed by atoms with van der Waals surface area (Å²) in [6.07, 6.45) is 9.12. The van der Waals surface area contributed by atoms with Gasteiger partial charge in [-0.05, 0) is 34.1 Å². The summed E-state index contributed by atoms with van der Waals surface area (Å²) in [5.41, 5.74) is 7.88. The van der Waals surface area contributed by atoms with E-state index in [4.69, 9.17) is 4.74 Å². The third-order valence-corrected chi connectivity index (χ3v) is 14.2. The van der Waals surface area contributed by atoms with Crippen LogP contribution in [0.4, 0.5) is 0 Å². The Bertz CT molecular complexity index is 1570. The van der Waals surface area contributed by atoms with Crippen molar-refractivity contribution in [3.63, 3.8) is 0 Å². The molecular formula is C41H48OSiTi. The molecular weight excluding hydrogens is 584 g/mol. The van der Waals surface area contributed by atoms with E-state index in [9.17, 15) is 0 Å².